The fourth-order valence-electron chi connectivity index (χ4n) is 1.66. The summed E-state index contributed by atoms with van der Waals surface area (Å²) in [6, 6.07) is 4.43. The molecule has 1 aromatic heterocycles. The smallest absolute Gasteiger partial charge is 0.134 e. The van der Waals surface area contributed by atoms with Crippen LogP contribution >= 0.6 is 11.3 Å². The van der Waals surface area contributed by atoms with E-state index in [0.717, 1.165) is 23.1 Å². The second-order valence-corrected chi connectivity index (χ2v) is 4.84. The molecule has 1 heterocycles. The number of nitrogens with one attached hydrogen (secondary N) is 1. The molecular weight excluding hydrogens is 240 g/mol. The molecule has 2 rings (SSSR count). The van der Waals surface area contributed by atoms with Crippen molar-refractivity contribution < 1.29 is 8.78 Å². The van der Waals surface area contributed by atoms with Crippen LogP contribution in [0.1, 0.15) is 11.1 Å². The first-order chi connectivity index (χ1) is 8.11. The van der Waals surface area contributed by atoms with Gasteiger partial charge in [0.15, 0.2) is 0 Å². The first kappa shape index (κ1) is 12.2. The molecule has 1 N–H and O–H groups in total. The van der Waals surface area contributed by atoms with Crippen LogP contribution in [0.3, 0.4) is 0 Å². The average Bonchev–Trinajstić information content (AvgIpc) is 2.72. The fourth-order valence-corrected chi connectivity index (χ4v) is 2.59. The predicted octanol–water partition coefficient (Wildman–Crippen LogP) is 3.72. The van der Waals surface area contributed by atoms with Gasteiger partial charge in [-0.05, 0) is 42.6 Å². The van der Waals surface area contributed by atoms with E-state index in [9.17, 15) is 8.78 Å². The molecule has 90 valence electrons. The Labute approximate surface area is 103 Å². The third kappa shape index (κ3) is 2.53. The van der Waals surface area contributed by atoms with Crippen molar-refractivity contribution in [2.24, 2.45) is 0 Å². The molecule has 2 aromatic rings. The van der Waals surface area contributed by atoms with Crippen LogP contribution in [0.4, 0.5) is 8.78 Å². The van der Waals surface area contributed by atoms with Crippen LogP contribution in [0.25, 0.3) is 10.4 Å². The molecule has 0 atom stereocenters. The molecular formula is C13H13F2NS. The number of thiophene rings is 1. The molecule has 0 saturated carbocycles. The van der Waals surface area contributed by atoms with Gasteiger partial charge in [0.25, 0.3) is 0 Å². The highest BCUT2D eigenvalue weighted by Crippen LogP contribution is 2.30. The maximum absolute atomic E-state index is 13.7. The first-order valence-electron chi connectivity index (χ1n) is 5.30. The van der Waals surface area contributed by atoms with Crippen molar-refractivity contribution in [2.45, 2.75) is 13.5 Å². The minimum atomic E-state index is -0.508. The van der Waals surface area contributed by atoms with Crippen molar-refractivity contribution in [1.82, 2.24) is 5.32 Å². The van der Waals surface area contributed by atoms with Crippen LogP contribution in [0.2, 0.25) is 0 Å². The predicted molar refractivity (Wildman–Crippen MR) is 67.2 cm³/mol. The van der Waals surface area contributed by atoms with Gasteiger partial charge in [0.05, 0.1) is 0 Å². The quantitative estimate of drug-likeness (QED) is 0.879. The summed E-state index contributed by atoms with van der Waals surface area (Å²) >= 11 is 1.47. The third-order valence-electron chi connectivity index (χ3n) is 2.55. The zero-order valence-electron chi connectivity index (χ0n) is 9.68. The topological polar surface area (TPSA) is 12.0 Å². The zero-order valence-corrected chi connectivity index (χ0v) is 10.5. The van der Waals surface area contributed by atoms with Gasteiger partial charge in [-0.3, -0.25) is 0 Å². The second kappa shape index (κ2) is 4.94. The monoisotopic (exact) mass is 253 g/mol. The van der Waals surface area contributed by atoms with Crippen molar-refractivity contribution in [3.8, 4) is 10.4 Å². The van der Waals surface area contributed by atoms with E-state index in [2.05, 4.69) is 5.32 Å². The summed E-state index contributed by atoms with van der Waals surface area (Å²) < 4.78 is 26.8. The summed E-state index contributed by atoms with van der Waals surface area (Å²) in [5.41, 5.74) is 2.04. The number of aryl methyl sites for hydroxylation is 1. The maximum Gasteiger partial charge on any atom is 0.134 e. The average molecular weight is 253 g/mol. The Morgan fingerprint density at radius 1 is 1.18 bits per heavy atom. The van der Waals surface area contributed by atoms with E-state index in [0.29, 0.717) is 11.1 Å². The number of hydrogen-bond donors (Lipinski definition) is 1. The Kier molecular flexibility index (Phi) is 3.54. The molecule has 0 bridgehead atoms. The summed E-state index contributed by atoms with van der Waals surface area (Å²) in [6.45, 7) is 2.39. The zero-order chi connectivity index (χ0) is 12.4. The largest absolute Gasteiger partial charge is 0.316 e. The Hall–Kier alpha value is -1.26. The molecule has 17 heavy (non-hydrogen) atoms. The lowest BCUT2D eigenvalue weighted by atomic mass is 10.1. The summed E-state index contributed by atoms with van der Waals surface area (Å²) in [5, 5.41) is 5.01. The molecule has 0 radical (unpaired) electrons. The van der Waals surface area contributed by atoms with Crippen LogP contribution in [0.5, 0.6) is 0 Å². The van der Waals surface area contributed by atoms with Gasteiger partial charge in [-0.15, -0.1) is 11.3 Å². The van der Waals surface area contributed by atoms with Crippen LogP contribution in [-0.4, -0.2) is 7.05 Å². The fraction of sp³-hybridized carbons (Fsp3) is 0.231. The first-order valence-corrected chi connectivity index (χ1v) is 6.18. The van der Waals surface area contributed by atoms with Crippen LogP contribution in [-0.2, 0) is 6.54 Å². The summed E-state index contributed by atoms with van der Waals surface area (Å²) in [5.74, 6) is -1.01. The lowest BCUT2D eigenvalue weighted by molar-refractivity contribution is 0.580. The number of rotatable bonds is 3. The number of benzene rings is 1. The Bertz CT molecular complexity index is 534. The molecule has 0 amide bonds. The molecule has 1 aromatic carbocycles. The van der Waals surface area contributed by atoms with Gasteiger partial charge >= 0.3 is 0 Å². The van der Waals surface area contributed by atoms with Crippen molar-refractivity contribution in [2.75, 3.05) is 7.05 Å². The van der Waals surface area contributed by atoms with Crippen molar-refractivity contribution in [3.05, 3.63) is 46.3 Å². The Morgan fingerprint density at radius 3 is 2.65 bits per heavy atom. The van der Waals surface area contributed by atoms with E-state index in [4.69, 9.17) is 0 Å². The molecule has 0 aliphatic carbocycles. The maximum atomic E-state index is 13.7. The minimum absolute atomic E-state index is 0.463. The second-order valence-electron chi connectivity index (χ2n) is 3.93. The third-order valence-corrected chi connectivity index (χ3v) is 3.56. The van der Waals surface area contributed by atoms with Crippen LogP contribution < -0.4 is 5.32 Å². The Balaban J connectivity index is 2.41. The molecule has 0 unspecified atom stereocenters. The molecule has 0 saturated heterocycles. The minimum Gasteiger partial charge on any atom is -0.316 e. The van der Waals surface area contributed by atoms with Crippen LogP contribution in [0.15, 0.2) is 23.6 Å². The van der Waals surface area contributed by atoms with E-state index >= 15 is 0 Å². The van der Waals surface area contributed by atoms with Gasteiger partial charge in [0, 0.05) is 23.1 Å². The molecule has 0 spiro atoms. The lowest BCUT2D eigenvalue weighted by Crippen LogP contribution is -2.03. The highest BCUT2D eigenvalue weighted by Gasteiger charge is 2.11. The van der Waals surface area contributed by atoms with Crippen molar-refractivity contribution in [3.63, 3.8) is 0 Å². The van der Waals surface area contributed by atoms with E-state index in [1.54, 1.807) is 13.0 Å². The normalized spacial score (nSPS) is 10.8. The van der Waals surface area contributed by atoms with Gasteiger partial charge in [-0.2, -0.15) is 0 Å². The summed E-state index contributed by atoms with van der Waals surface area (Å²) in [7, 11) is 1.86. The van der Waals surface area contributed by atoms with E-state index in [1.165, 1.54) is 11.3 Å². The van der Waals surface area contributed by atoms with Gasteiger partial charge in [0.2, 0.25) is 0 Å². The highest BCUT2D eigenvalue weighted by atomic mass is 32.1. The SMILES string of the molecule is CNCc1csc(-c2cc(C)c(F)cc2F)c1. The van der Waals surface area contributed by atoms with Crippen LogP contribution in [0, 0.1) is 18.6 Å². The van der Waals surface area contributed by atoms with Gasteiger partial charge in [-0.25, -0.2) is 8.78 Å². The van der Waals surface area contributed by atoms with Crippen molar-refractivity contribution >= 4 is 11.3 Å². The number of halogens is 2. The molecule has 0 aliphatic heterocycles. The van der Waals surface area contributed by atoms with E-state index in [1.807, 2.05) is 18.5 Å². The highest BCUT2D eigenvalue weighted by molar-refractivity contribution is 7.13. The number of hydrogen-bond acceptors (Lipinski definition) is 2. The van der Waals surface area contributed by atoms with Gasteiger partial charge < -0.3 is 5.32 Å². The summed E-state index contributed by atoms with van der Waals surface area (Å²) in [6.07, 6.45) is 0. The van der Waals surface area contributed by atoms with Gasteiger partial charge in [-0.1, -0.05) is 0 Å². The lowest BCUT2D eigenvalue weighted by Gasteiger charge is -2.03. The van der Waals surface area contributed by atoms with Crippen molar-refractivity contribution in [1.29, 1.82) is 0 Å². The van der Waals surface area contributed by atoms with E-state index in [-0.39, 0.29) is 0 Å². The molecule has 0 fully saturated rings. The molecule has 4 heteroatoms. The summed E-state index contributed by atoms with van der Waals surface area (Å²) in [4.78, 5) is 0.829. The molecule has 0 aliphatic rings. The molecule has 1 nitrogen and oxygen atoms in total. The standard InChI is InChI=1S/C13H13F2NS/c1-8-3-10(12(15)5-11(8)14)13-4-9(6-16-2)7-17-13/h3-5,7,16H,6H2,1-2H3. The van der Waals surface area contributed by atoms with E-state index < -0.39 is 11.6 Å². The Morgan fingerprint density at radius 2 is 1.94 bits per heavy atom. The van der Waals surface area contributed by atoms with Gasteiger partial charge in [0.1, 0.15) is 11.6 Å².